The SMILES string of the molecule is CC(C)OCc1ccccc1CNC(=O)c1cc2ccccc2o1. The van der Waals surface area contributed by atoms with Gasteiger partial charge in [0.1, 0.15) is 5.58 Å². The van der Waals surface area contributed by atoms with Crippen molar-refractivity contribution in [2.24, 2.45) is 0 Å². The van der Waals surface area contributed by atoms with Crippen LogP contribution in [0, 0.1) is 0 Å². The molecule has 0 saturated heterocycles. The van der Waals surface area contributed by atoms with E-state index in [0.29, 0.717) is 24.5 Å². The molecule has 0 aliphatic carbocycles. The van der Waals surface area contributed by atoms with Crippen LogP contribution in [0.5, 0.6) is 0 Å². The number of rotatable bonds is 6. The molecule has 1 amide bonds. The average Bonchev–Trinajstić information content (AvgIpc) is 3.02. The van der Waals surface area contributed by atoms with Gasteiger partial charge in [0.2, 0.25) is 0 Å². The summed E-state index contributed by atoms with van der Waals surface area (Å²) in [6, 6.07) is 17.3. The lowest BCUT2D eigenvalue weighted by Crippen LogP contribution is -2.23. The number of para-hydroxylation sites is 1. The zero-order valence-corrected chi connectivity index (χ0v) is 13.9. The van der Waals surface area contributed by atoms with Crippen LogP contribution in [0.15, 0.2) is 59.0 Å². The second-order valence-electron chi connectivity index (χ2n) is 5.96. The third-order valence-electron chi connectivity index (χ3n) is 3.78. The first kappa shape index (κ1) is 16.3. The van der Waals surface area contributed by atoms with Crippen molar-refractivity contribution in [3.05, 3.63) is 71.5 Å². The molecule has 3 rings (SSSR count). The Balaban J connectivity index is 1.68. The molecule has 0 atom stereocenters. The third-order valence-corrected chi connectivity index (χ3v) is 3.78. The predicted octanol–water partition coefficient (Wildman–Crippen LogP) is 4.29. The zero-order chi connectivity index (χ0) is 16.9. The van der Waals surface area contributed by atoms with Crippen LogP contribution in [0.25, 0.3) is 11.0 Å². The lowest BCUT2D eigenvalue weighted by molar-refractivity contribution is 0.0651. The molecule has 0 fully saturated rings. The molecule has 4 nitrogen and oxygen atoms in total. The summed E-state index contributed by atoms with van der Waals surface area (Å²) in [7, 11) is 0. The number of hydrogen-bond acceptors (Lipinski definition) is 3. The highest BCUT2D eigenvalue weighted by molar-refractivity contribution is 5.96. The van der Waals surface area contributed by atoms with Crippen LogP contribution in [0.1, 0.15) is 35.5 Å². The minimum atomic E-state index is -0.217. The van der Waals surface area contributed by atoms with Crippen LogP contribution in [0.2, 0.25) is 0 Å². The van der Waals surface area contributed by atoms with Crippen LogP contribution in [0.3, 0.4) is 0 Å². The molecule has 3 aromatic rings. The number of benzene rings is 2. The quantitative estimate of drug-likeness (QED) is 0.736. The summed E-state index contributed by atoms with van der Waals surface area (Å²) in [5.41, 5.74) is 2.84. The van der Waals surface area contributed by atoms with Crippen molar-refractivity contribution in [2.45, 2.75) is 33.1 Å². The highest BCUT2D eigenvalue weighted by Gasteiger charge is 2.12. The molecule has 1 heterocycles. The van der Waals surface area contributed by atoms with Crippen LogP contribution in [-0.2, 0) is 17.9 Å². The molecular formula is C20H21NO3. The molecule has 4 heteroatoms. The Labute approximate surface area is 141 Å². The van der Waals surface area contributed by atoms with Gasteiger partial charge in [-0.15, -0.1) is 0 Å². The predicted molar refractivity (Wildman–Crippen MR) is 93.8 cm³/mol. The van der Waals surface area contributed by atoms with Crippen molar-refractivity contribution in [1.82, 2.24) is 5.32 Å². The van der Waals surface area contributed by atoms with E-state index in [1.165, 1.54) is 0 Å². The van der Waals surface area contributed by atoms with Crippen LogP contribution >= 0.6 is 0 Å². The number of fused-ring (bicyclic) bond motifs is 1. The molecule has 2 aromatic carbocycles. The van der Waals surface area contributed by atoms with Gasteiger partial charge in [-0.05, 0) is 37.1 Å². The van der Waals surface area contributed by atoms with E-state index in [1.54, 1.807) is 6.07 Å². The summed E-state index contributed by atoms with van der Waals surface area (Å²) >= 11 is 0. The van der Waals surface area contributed by atoms with Gasteiger partial charge < -0.3 is 14.5 Å². The fourth-order valence-corrected chi connectivity index (χ4v) is 2.48. The number of carbonyl (C=O) groups is 1. The van der Waals surface area contributed by atoms with Crippen molar-refractivity contribution in [2.75, 3.05) is 0 Å². The number of furan rings is 1. The second kappa shape index (κ2) is 7.32. The lowest BCUT2D eigenvalue weighted by atomic mass is 10.1. The number of hydrogen-bond donors (Lipinski definition) is 1. The molecule has 0 saturated carbocycles. The van der Waals surface area contributed by atoms with E-state index < -0.39 is 0 Å². The van der Waals surface area contributed by atoms with Gasteiger partial charge in [0.05, 0.1) is 12.7 Å². The highest BCUT2D eigenvalue weighted by Crippen LogP contribution is 2.19. The summed E-state index contributed by atoms with van der Waals surface area (Å²) < 4.78 is 11.3. The number of nitrogens with one attached hydrogen (secondary N) is 1. The fraction of sp³-hybridized carbons (Fsp3) is 0.250. The van der Waals surface area contributed by atoms with E-state index >= 15 is 0 Å². The lowest BCUT2D eigenvalue weighted by Gasteiger charge is -2.12. The smallest absolute Gasteiger partial charge is 0.287 e. The molecule has 0 aliphatic rings. The fourth-order valence-electron chi connectivity index (χ4n) is 2.48. The number of carbonyl (C=O) groups excluding carboxylic acids is 1. The molecule has 0 unspecified atom stereocenters. The van der Waals surface area contributed by atoms with Crippen molar-refractivity contribution in [3.8, 4) is 0 Å². The molecule has 0 aliphatic heterocycles. The van der Waals surface area contributed by atoms with Gasteiger partial charge in [-0.2, -0.15) is 0 Å². The van der Waals surface area contributed by atoms with Gasteiger partial charge in [-0.1, -0.05) is 42.5 Å². The Kier molecular flexibility index (Phi) is 4.96. The van der Waals surface area contributed by atoms with Gasteiger partial charge in [0.15, 0.2) is 5.76 Å². The van der Waals surface area contributed by atoms with Crippen molar-refractivity contribution < 1.29 is 13.9 Å². The van der Waals surface area contributed by atoms with Crippen LogP contribution in [0.4, 0.5) is 0 Å². The molecule has 0 radical (unpaired) electrons. The van der Waals surface area contributed by atoms with E-state index in [9.17, 15) is 4.79 Å². The molecule has 24 heavy (non-hydrogen) atoms. The third kappa shape index (κ3) is 3.84. The largest absolute Gasteiger partial charge is 0.451 e. The summed E-state index contributed by atoms with van der Waals surface area (Å²) in [5, 5.41) is 3.84. The van der Waals surface area contributed by atoms with Gasteiger partial charge in [0.25, 0.3) is 5.91 Å². The normalized spacial score (nSPS) is 11.1. The summed E-state index contributed by atoms with van der Waals surface area (Å²) in [6.07, 6.45) is 0.170. The maximum atomic E-state index is 12.3. The topological polar surface area (TPSA) is 51.5 Å². The Hall–Kier alpha value is -2.59. The minimum absolute atomic E-state index is 0.170. The van der Waals surface area contributed by atoms with Crippen LogP contribution in [-0.4, -0.2) is 12.0 Å². The van der Waals surface area contributed by atoms with E-state index in [2.05, 4.69) is 5.32 Å². The van der Waals surface area contributed by atoms with Crippen molar-refractivity contribution in [3.63, 3.8) is 0 Å². The van der Waals surface area contributed by atoms with E-state index in [-0.39, 0.29) is 12.0 Å². The standard InChI is InChI=1S/C20H21NO3/c1-14(2)23-13-17-9-4-3-8-16(17)12-21-20(22)19-11-15-7-5-6-10-18(15)24-19/h3-11,14H,12-13H2,1-2H3,(H,21,22). The van der Waals surface area contributed by atoms with E-state index in [4.69, 9.17) is 9.15 Å². The number of amides is 1. The van der Waals surface area contributed by atoms with Gasteiger partial charge >= 0.3 is 0 Å². The van der Waals surface area contributed by atoms with Crippen molar-refractivity contribution >= 4 is 16.9 Å². The Morgan fingerprint density at radius 2 is 1.79 bits per heavy atom. The summed E-state index contributed by atoms with van der Waals surface area (Å²) in [5.74, 6) is 0.109. The monoisotopic (exact) mass is 323 g/mol. The highest BCUT2D eigenvalue weighted by atomic mass is 16.5. The molecule has 0 bridgehead atoms. The Morgan fingerprint density at radius 3 is 2.54 bits per heavy atom. The number of ether oxygens (including phenoxy) is 1. The first-order valence-electron chi connectivity index (χ1n) is 8.08. The van der Waals surface area contributed by atoms with Gasteiger partial charge in [-0.25, -0.2) is 0 Å². The average molecular weight is 323 g/mol. The molecule has 0 spiro atoms. The van der Waals surface area contributed by atoms with Gasteiger partial charge in [-0.3, -0.25) is 4.79 Å². The van der Waals surface area contributed by atoms with Crippen molar-refractivity contribution in [1.29, 1.82) is 0 Å². The Bertz CT molecular complexity index is 803. The summed E-state index contributed by atoms with van der Waals surface area (Å²) in [4.78, 5) is 12.3. The summed E-state index contributed by atoms with van der Waals surface area (Å²) in [6.45, 7) is 4.99. The second-order valence-corrected chi connectivity index (χ2v) is 5.96. The molecule has 1 aromatic heterocycles. The molecule has 1 N–H and O–H groups in total. The maximum Gasteiger partial charge on any atom is 0.287 e. The van der Waals surface area contributed by atoms with Gasteiger partial charge in [0, 0.05) is 11.9 Å². The Morgan fingerprint density at radius 1 is 1.08 bits per heavy atom. The molecule has 124 valence electrons. The maximum absolute atomic E-state index is 12.3. The zero-order valence-electron chi connectivity index (χ0n) is 13.9. The molecular weight excluding hydrogens is 302 g/mol. The van der Waals surface area contributed by atoms with Crippen LogP contribution < -0.4 is 5.32 Å². The van der Waals surface area contributed by atoms with E-state index in [1.807, 2.05) is 62.4 Å². The van der Waals surface area contributed by atoms with E-state index in [0.717, 1.165) is 16.5 Å². The first-order chi connectivity index (χ1) is 11.6. The minimum Gasteiger partial charge on any atom is -0.451 e. The first-order valence-corrected chi connectivity index (χ1v) is 8.08.